The maximum atomic E-state index is 13.2. The van der Waals surface area contributed by atoms with E-state index in [-0.39, 0.29) is 11.6 Å². The van der Waals surface area contributed by atoms with Crippen LogP contribution in [0.5, 0.6) is 0 Å². The Morgan fingerprint density at radius 1 is 0.667 bits per heavy atom. The molecule has 0 nitrogen and oxygen atoms in total. The van der Waals surface area contributed by atoms with E-state index in [4.69, 9.17) is 0 Å². The molecule has 0 aliphatic carbocycles. The summed E-state index contributed by atoms with van der Waals surface area (Å²) >= 11 is 0. The summed E-state index contributed by atoms with van der Waals surface area (Å²) < 4.78 is 26.4. The normalized spacial score (nSPS) is 10.4. The van der Waals surface area contributed by atoms with Crippen LogP contribution in [0.25, 0.3) is 5.57 Å². The third kappa shape index (κ3) is 4.17. The first kappa shape index (κ1) is 16.1. The molecule has 3 aromatic rings. The van der Waals surface area contributed by atoms with E-state index in [1.165, 1.54) is 29.8 Å². The fraction of sp³-hybridized carbons (Fsp3) is 0.0909. The largest absolute Gasteiger partial charge is 0.207 e. The van der Waals surface area contributed by atoms with E-state index in [0.717, 1.165) is 29.5 Å². The molecule has 0 radical (unpaired) electrons. The molecule has 0 fully saturated rings. The van der Waals surface area contributed by atoms with Crippen LogP contribution in [0.4, 0.5) is 8.78 Å². The second-order valence-electron chi connectivity index (χ2n) is 5.66. The summed E-state index contributed by atoms with van der Waals surface area (Å²) in [6, 6.07) is 23.1. The first-order valence-corrected chi connectivity index (χ1v) is 7.98. The SMILES string of the molecule is Fc1ccc(C(=CCCc2ccccc2)c2ccc(F)cc2)cc1. The van der Waals surface area contributed by atoms with Gasteiger partial charge in [0.1, 0.15) is 11.6 Å². The van der Waals surface area contributed by atoms with Gasteiger partial charge in [-0.05, 0) is 59.4 Å². The van der Waals surface area contributed by atoms with Crippen LogP contribution in [0.3, 0.4) is 0 Å². The van der Waals surface area contributed by atoms with Crippen molar-refractivity contribution in [2.24, 2.45) is 0 Å². The van der Waals surface area contributed by atoms with Crippen molar-refractivity contribution in [3.8, 4) is 0 Å². The van der Waals surface area contributed by atoms with Crippen molar-refractivity contribution in [3.63, 3.8) is 0 Å². The molecular formula is C22H18F2. The third-order valence-corrected chi connectivity index (χ3v) is 3.93. The summed E-state index contributed by atoms with van der Waals surface area (Å²) in [5.41, 5.74) is 4.12. The van der Waals surface area contributed by atoms with Gasteiger partial charge in [0, 0.05) is 0 Å². The van der Waals surface area contributed by atoms with E-state index >= 15 is 0 Å². The number of hydrogen-bond donors (Lipinski definition) is 0. The molecule has 0 N–H and O–H groups in total. The average Bonchev–Trinajstić information content (AvgIpc) is 2.62. The summed E-state index contributed by atoms with van der Waals surface area (Å²) in [5, 5.41) is 0. The summed E-state index contributed by atoms with van der Waals surface area (Å²) in [4.78, 5) is 0. The van der Waals surface area contributed by atoms with E-state index in [1.54, 1.807) is 24.3 Å². The van der Waals surface area contributed by atoms with Gasteiger partial charge in [-0.3, -0.25) is 0 Å². The molecule has 0 spiro atoms. The highest BCUT2D eigenvalue weighted by Crippen LogP contribution is 2.25. The van der Waals surface area contributed by atoms with Crippen molar-refractivity contribution >= 4 is 5.57 Å². The topological polar surface area (TPSA) is 0 Å². The zero-order valence-electron chi connectivity index (χ0n) is 13.3. The molecule has 2 heteroatoms. The van der Waals surface area contributed by atoms with Crippen molar-refractivity contribution in [1.82, 2.24) is 0 Å². The Hall–Kier alpha value is -2.74. The molecular weight excluding hydrogens is 302 g/mol. The van der Waals surface area contributed by atoms with E-state index in [1.807, 2.05) is 18.2 Å². The van der Waals surface area contributed by atoms with E-state index in [2.05, 4.69) is 18.2 Å². The first-order chi connectivity index (χ1) is 11.7. The van der Waals surface area contributed by atoms with Gasteiger partial charge in [0.05, 0.1) is 0 Å². The summed E-state index contributed by atoms with van der Waals surface area (Å²) in [6.07, 6.45) is 3.91. The van der Waals surface area contributed by atoms with Crippen LogP contribution in [0.2, 0.25) is 0 Å². The second-order valence-corrected chi connectivity index (χ2v) is 5.66. The van der Waals surface area contributed by atoms with Crippen molar-refractivity contribution in [2.45, 2.75) is 12.8 Å². The molecule has 0 heterocycles. The highest BCUT2D eigenvalue weighted by molar-refractivity contribution is 5.79. The number of rotatable bonds is 5. The highest BCUT2D eigenvalue weighted by Gasteiger charge is 2.06. The van der Waals surface area contributed by atoms with Crippen LogP contribution in [0.1, 0.15) is 23.1 Å². The Kier molecular flexibility index (Phi) is 5.17. The third-order valence-electron chi connectivity index (χ3n) is 3.93. The van der Waals surface area contributed by atoms with Gasteiger partial charge in [-0.2, -0.15) is 0 Å². The van der Waals surface area contributed by atoms with Crippen molar-refractivity contribution in [1.29, 1.82) is 0 Å². The molecule has 0 aromatic heterocycles. The lowest BCUT2D eigenvalue weighted by Gasteiger charge is -2.09. The minimum atomic E-state index is -0.263. The molecule has 3 aromatic carbocycles. The van der Waals surface area contributed by atoms with E-state index in [9.17, 15) is 8.78 Å². The van der Waals surface area contributed by atoms with E-state index in [0.29, 0.717) is 0 Å². The van der Waals surface area contributed by atoms with Gasteiger partial charge in [-0.25, -0.2) is 8.78 Å². The van der Waals surface area contributed by atoms with Gasteiger partial charge in [0.25, 0.3) is 0 Å². The van der Waals surface area contributed by atoms with Gasteiger partial charge >= 0.3 is 0 Å². The quantitative estimate of drug-likeness (QED) is 0.538. The molecule has 120 valence electrons. The molecule has 0 saturated heterocycles. The molecule has 0 aliphatic heterocycles. The number of allylic oxidation sites excluding steroid dienone is 1. The van der Waals surface area contributed by atoms with Crippen LogP contribution in [0.15, 0.2) is 84.9 Å². The summed E-state index contributed by atoms with van der Waals surface area (Å²) in [7, 11) is 0. The lowest BCUT2D eigenvalue weighted by molar-refractivity contribution is 0.627. The Balaban J connectivity index is 1.87. The predicted octanol–water partition coefficient (Wildman–Crippen LogP) is 6.03. The van der Waals surface area contributed by atoms with Crippen molar-refractivity contribution in [2.75, 3.05) is 0 Å². The molecule has 0 aliphatic rings. The summed E-state index contributed by atoms with van der Waals surface area (Å²) in [6.45, 7) is 0. The lowest BCUT2D eigenvalue weighted by Crippen LogP contribution is -1.91. The number of hydrogen-bond acceptors (Lipinski definition) is 0. The van der Waals surface area contributed by atoms with Crippen LogP contribution in [0, 0.1) is 11.6 Å². The average molecular weight is 320 g/mol. The fourth-order valence-corrected chi connectivity index (χ4v) is 2.69. The summed E-state index contributed by atoms with van der Waals surface area (Å²) in [5.74, 6) is -0.525. The Morgan fingerprint density at radius 3 is 1.67 bits per heavy atom. The zero-order valence-corrected chi connectivity index (χ0v) is 13.3. The Morgan fingerprint density at radius 2 is 1.17 bits per heavy atom. The van der Waals surface area contributed by atoms with Crippen LogP contribution in [-0.4, -0.2) is 0 Å². The van der Waals surface area contributed by atoms with Gasteiger partial charge in [-0.1, -0.05) is 60.7 Å². The van der Waals surface area contributed by atoms with Gasteiger partial charge < -0.3 is 0 Å². The predicted molar refractivity (Wildman–Crippen MR) is 94.6 cm³/mol. The molecule has 0 atom stereocenters. The molecule has 0 unspecified atom stereocenters. The Labute approximate surface area is 141 Å². The maximum Gasteiger partial charge on any atom is 0.123 e. The van der Waals surface area contributed by atoms with Gasteiger partial charge in [0.2, 0.25) is 0 Å². The van der Waals surface area contributed by atoms with Crippen molar-refractivity contribution < 1.29 is 8.78 Å². The zero-order chi connectivity index (χ0) is 16.8. The minimum absolute atomic E-state index is 0.263. The lowest BCUT2D eigenvalue weighted by atomic mass is 9.96. The van der Waals surface area contributed by atoms with Gasteiger partial charge in [-0.15, -0.1) is 0 Å². The minimum Gasteiger partial charge on any atom is -0.207 e. The first-order valence-electron chi connectivity index (χ1n) is 7.98. The van der Waals surface area contributed by atoms with Crippen LogP contribution >= 0.6 is 0 Å². The standard InChI is InChI=1S/C22H18F2/c23-20-13-9-18(10-14-20)22(19-11-15-21(24)16-12-19)8-4-7-17-5-2-1-3-6-17/h1-3,5-6,8-16H,4,7H2. The molecule has 0 bridgehead atoms. The smallest absolute Gasteiger partial charge is 0.123 e. The number of aryl methyl sites for hydroxylation is 1. The van der Waals surface area contributed by atoms with Crippen LogP contribution < -0.4 is 0 Å². The highest BCUT2D eigenvalue weighted by atomic mass is 19.1. The number of halogens is 2. The molecule has 0 saturated carbocycles. The van der Waals surface area contributed by atoms with Crippen molar-refractivity contribution in [3.05, 3.63) is 113 Å². The molecule has 3 rings (SSSR count). The monoisotopic (exact) mass is 320 g/mol. The van der Waals surface area contributed by atoms with E-state index < -0.39 is 0 Å². The molecule has 24 heavy (non-hydrogen) atoms. The van der Waals surface area contributed by atoms with Gasteiger partial charge in [0.15, 0.2) is 0 Å². The van der Waals surface area contributed by atoms with Crippen LogP contribution in [-0.2, 0) is 6.42 Å². The maximum absolute atomic E-state index is 13.2. The fourth-order valence-electron chi connectivity index (χ4n) is 2.69. The second kappa shape index (κ2) is 7.69. The Bertz CT molecular complexity index is 753. The number of benzene rings is 3. The molecule has 0 amide bonds.